The van der Waals surface area contributed by atoms with Gasteiger partial charge in [0.25, 0.3) is 0 Å². The van der Waals surface area contributed by atoms with Gasteiger partial charge in [-0.15, -0.1) is 0 Å². The van der Waals surface area contributed by atoms with Gasteiger partial charge in [0.1, 0.15) is 0 Å². The number of sulfonamides is 1. The van der Waals surface area contributed by atoms with E-state index < -0.39 is 10.0 Å². The summed E-state index contributed by atoms with van der Waals surface area (Å²) in [6.07, 6.45) is 7.72. The van der Waals surface area contributed by atoms with Gasteiger partial charge in [-0.25, -0.2) is 8.42 Å². The van der Waals surface area contributed by atoms with Crippen molar-refractivity contribution in [2.45, 2.75) is 69.9 Å². The number of aromatic nitrogens is 1. The van der Waals surface area contributed by atoms with E-state index in [-0.39, 0.29) is 11.9 Å². The molecule has 1 amide bonds. The van der Waals surface area contributed by atoms with Crippen molar-refractivity contribution in [3.8, 4) is 0 Å². The quantitative estimate of drug-likeness (QED) is 0.757. The average Bonchev–Trinajstić information content (AvgIpc) is 3.40. The van der Waals surface area contributed by atoms with Gasteiger partial charge in [-0.3, -0.25) is 4.79 Å². The van der Waals surface area contributed by atoms with Gasteiger partial charge >= 0.3 is 0 Å². The third-order valence-corrected chi connectivity index (χ3v) is 8.97. The highest BCUT2D eigenvalue weighted by molar-refractivity contribution is 7.89. The highest BCUT2D eigenvalue weighted by Gasteiger charge is 2.29. The number of amides is 1. The molecule has 1 aliphatic heterocycles. The van der Waals surface area contributed by atoms with Crippen molar-refractivity contribution in [3.05, 3.63) is 30.5 Å². The Morgan fingerprint density at radius 2 is 1.87 bits per heavy atom. The minimum atomic E-state index is -3.41. The van der Waals surface area contributed by atoms with Gasteiger partial charge in [0, 0.05) is 49.2 Å². The maximum Gasteiger partial charge on any atom is 0.243 e. The monoisotopic (exact) mass is 431 g/mol. The van der Waals surface area contributed by atoms with E-state index in [1.165, 1.54) is 12.8 Å². The van der Waals surface area contributed by atoms with Gasteiger partial charge in [-0.1, -0.05) is 26.7 Å². The SMILES string of the molecule is C[C@H]1[C@H](C)CCC[C@H]1NC(=O)CCn1ccc2cc(S(=O)(=O)N3CCCC3)ccc21. The van der Waals surface area contributed by atoms with E-state index in [1.54, 1.807) is 16.4 Å². The number of aryl methyl sites for hydroxylation is 1. The second-order valence-electron chi connectivity index (χ2n) is 9.03. The zero-order valence-corrected chi connectivity index (χ0v) is 18.8. The summed E-state index contributed by atoms with van der Waals surface area (Å²) in [5, 5.41) is 4.13. The largest absolute Gasteiger partial charge is 0.353 e. The molecule has 1 N–H and O–H groups in total. The van der Waals surface area contributed by atoms with Crippen LogP contribution in [0.1, 0.15) is 52.4 Å². The highest BCUT2D eigenvalue weighted by atomic mass is 32.2. The minimum Gasteiger partial charge on any atom is -0.353 e. The maximum absolute atomic E-state index is 12.8. The van der Waals surface area contributed by atoms with Crippen LogP contribution in [-0.2, 0) is 21.4 Å². The Labute approximate surface area is 179 Å². The lowest BCUT2D eigenvalue weighted by Crippen LogP contribution is -2.43. The fraction of sp³-hybridized carbons (Fsp3) is 0.609. The number of carbonyl (C=O) groups excluding carboxylic acids is 1. The fourth-order valence-corrected chi connectivity index (χ4v) is 6.45. The Morgan fingerprint density at radius 3 is 2.63 bits per heavy atom. The topological polar surface area (TPSA) is 71.4 Å². The number of carbonyl (C=O) groups is 1. The third kappa shape index (κ3) is 4.28. The summed E-state index contributed by atoms with van der Waals surface area (Å²) >= 11 is 0. The molecule has 1 aromatic heterocycles. The smallest absolute Gasteiger partial charge is 0.243 e. The summed E-state index contributed by atoms with van der Waals surface area (Å²) < 4.78 is 29.2. The van der Waals surface area contributed by atoms with Crippen molar-refractivity contribution in [2.75, 3.05) is 13.1 Å². The van der Waals surface area contributed by atoms with Crippen LogP contribution >= 0.6 is 0 Å². The van der Waals surface area contributed by atoms with E-state index in [0.717, 1.165) is 30.2 Å². The first-order valence-electron chi connectivity index (χ1n) is 11.2. The zero-order valence-electron chi connectivity index (χ0n) is 18.0. The van der Waals surface area contributed by atoms with E-state index in [0.29, 0.717) is 42.8 Å². The van der Waals surface area contributed by atoms with Crippen LogP contribution in [0.15, 0.2) is 35.4 Å². The molecule has 0 radical (unpaired) electrons. The van der Waals surface area contributed by atoms with Gasteiger partial charge in [0.15, 0.2) is 0 Å². The molecule has 2 aliphatic rings. The number of nitrogens with one attached hydrogen (secondary N) is 1. The van der Waals surface area contributed by atoms with Crippen LogP contribution in [0.5, 0.6) is 0 Å². The standard InChI is InChI=1S/C23H33N3O3S/c1-17-6-5-7-21(18(17)2)24-23(27)11-15-25-14-10-19-16-20(8-9-22(19)25)30(28,29)26-12-3-4-13-26/h8-10,14,16-18,21H,3-7,11-13,15H2,1-2H3,(H,24,27)/t17-,18+,21-/m1/s1. The van der Waals surface area contributed by atoms with Crippen LogP contribution in [0.25, 0.3) is 10.9 Å². The molecular formula is C23H33N3O3S. The summed E-state index contributed by atoms with van der Waals surface area (Å²) in [7, 11) is -3.41. The molecule has 0 unspecified atom stereocenters. The van der Waals surface area contributed by atoms with Crippen LogP contribution in [0.2, 0.25) is 0 Å². The van der Waals surface area contributed by atoms with Gasteiger partial charge in [-0.05, 0) is 55.4 Å². The first-order chi connectivity index (χ1) is 14.4. The Balaban J connectivity index is 1.41. The summed E-state index contributed by atoms with van der Waals surface area (Å²) in [4.78, 5) is 12.9. The number of benzene rings is 1. The molecule has 0 bridgehead atoms. The van der Waals surface area contributed by atoms with Crippen LogP contribution in [0.4, 0.5) is 0 Å². The molecule has 0 spiro atoms. The molecule has 30 heavy (non-hydrogen) atoms. The van der Waals surface area contributed by atoms with Crippen LogP contribution < -0.4 is 5.32 Å². The molecule has 7 heteroatoms. The van der Waals surface area contributed by atoms with E-state index in [1.807, 2.05) is 22.9 Å². The van der Waals surface area contributed by atoms with Crippen LogP contribution in [0.3, 0.4) is 0 Å². The molecule has 2 heterocycles. The highest BCUT2D eigenvalue weighted by Crippen LogP contribution is 2.29. The van der Waals surface area contributed by atoms with Crippen molar-refractivity contribution >= 4 is 26.8 Å². The Morgan fingerprint density at radius 1 is 1.10 bits per heavy atom. The van der Waals surface area contributed by atoms with Gasteiger partial charge in [0.05, 0.1) is 4.90 Å². The van der Waals surface area contributed by atoms with Gasteiger partial charge in [0.2, 0.25) is 15.9 Å². The fourth-order valence-electron chi connectivity index (χ4n) is 4.90. The number of rotatable bonds is 6. The second kappa shape index (κ2) is 8.71. The van der Waals surface area contributed by atoms with Crippen molar-refractivity contribution in [3.63, 3.8) is 0 Å². The molecule has 2 aromatic rings. The number of hydrogen-bond donors (Lipinski definition) is 1. The molecule has 1 saturated heterocycles. The minimum absolute atomic E-state index is 0.0935. The zero-order chi connectivity index (χ0) is 21.3. The normalized spacial score (nSPS) is 25.6. The first kappa shape index (κ1) is 21.4. The van der Waals surface area contributed by atoms with Crippen LogP contribution in [0, 0.1) is 11.8 Å². The summed E-state index contributed by atoms with van der Waals surface area (Å²) in [6.45, 7) is 6.31. The summed E-state index contributed by atoms with van der Waals surface area (Å²) in [5.74, 6) is 1.27. The maximum atomic E-state index is 12.8. The van der Waals surface area contributed by atoms with Gasteiger partial charge < -0.3 is 9.88 Å². The lowest BCUT2D eigenvalue weighted by Gasteiger charge is -2.34. The molecule has 1 aliphatic carbocycles. The Kier molecular flexibility index (Phi) is 6.21. The average molecular weight is 432 g/mol. The third-order valence-electron chi connectivity index (χ3n) is 7.08. The predicted molar refractivity (Wildman–Crippen MR) is 119 cm³/mol. The lowest BCUT2D eigenvalue weighted by molar-refractivity contribution is -0.122. The van der Waals surface area contributed by atoms with E-state index >= 15 is 0 Å². The number of fused-ring (bicyclic) bond motifs is 1. The Bertz CT molecular complexity index is 1010. The van der Waals surface area contributed by atoms with Crippen LogP contribution in [-0.4, -0.2) is 42.3 Å². The molecule has 6 nitrogen and oxygen atoms in total. The number of hydrogen-bond acceptors (Lipinski definition) is 3. The molecule has 164 valence electrons. The van der Waals surface area contributed by atoms with Crippen molar-refractivity contribution in [2.24, 2.45) is 11.8 Å². The summed E-state index contributed by atoms with van der Waals surface area (Å²) in [6, 6.07) is 7.52. The molecular weight excluding hydrogens is 398 g/mol. The molecule has 4 rings (SSSR count). The molecule has 1 aromatic carbocycles. The first-order valence-corrected chi connectivity index (χ1v) is 12.7. The molecule has 3 atom stereocenters. The molecule has 1 saturated carbocycles. The lowest BCUT2D eigenvalue weighted by atomic mass is 9.78. The second-order valence-corrected chi connectivity index (χ2v) is 11.0. The molecule has 2 fully saturated rings. The van der Waals surface area contributed by atoms with E-state index in [4.69, 9.17) is 0 Å². The number of nitrogens with zero attached hydrogens (tertiary/aromatic N) is 2. The predicted octanol–water partition coefficient (Wildman–Crippen LogP) is 3.76. The van der Waals surface area contributed by atoms with Crippen molar-refractivity contribution in [1.82, 2.24) is 14.2 Å². The van der Waals surface area contributed by atoms with Crippen molar-refractivity contribution in [1.29, 1.82) is 0 Å². The Hall–Kier alpha value is -1.86. The summed E-state index contributed by atoms with van der Waals surface area (Å²) in [5.41, 5.74) is 0.961. The van der Waals surface area contributed by atoms with E-state index in [9.17, 15) is 13.2 Å². The van der Waals surface area contributed by atoms with Gasteiger partial charge in [-0.2, -0.15) is 4.31 Å². The van der Waals surface area contributed by atoms with Crippen molar-refractivity contribution < 1.29 is 13.2 Å². The van der Waals surface area contributed by atoms with E-state index in [2.05, 4.69) is 19.2 Å².